The van der Waals surface area contributed by atoms with Crippen molar-refractivity contribution in [2.75, 3.05) is 24.7 Å². The van der Waals surface area contributed by atoms with Crippen molar-refractivity contribution in [3.8, 4) is 6.07 Å². The zero-order valence-electron chi connectivity index (χ0n) is 12.2. The van der Waals surface area contributed by atoms with Gasteiger partial charge in [-0.2, -0.15) is 5.26 Å². The SMILES string of the molecule is CCCN(c1nccc(C)c1C#N)C1COCC1C(=O)O. The maximum absolute atomic E-state index is 11.4. The van der Waals surface area contributed by atoms with Gasteiger partial charge < -0.3 is 14.7 Å². The van der Waals surface area contributed by atoms with Crippen LogP contribution in [0.15, 0.2) is 12.3 Å². The Morgan fingerprint density at radius 2 is 2.38 bits per heavy atom. The zero-order valence-corrected chi connectivity index (χ0v) is 12.2. The number of hydrogen-bond acceptors (Lipinski definition) is 5. The smallest absolute Gasteiger partial charge is 0.311 e. The Labute approximate surface area is 124 Å². The average molecular weight is 289 g/mol. The van der Waals surface area contributed by atoms with Crippen LogP contribution in [-0.4, -0.2) is 41.9 Å². The van der Waals surface area contributed by atoms with Crippen molar-refractivity contribution in [1.29, 1.82) is 5.26 Å². The van der Waals surface area contributed by atoms with Crippen LogP contribution in [0.2, 0.25) is 0 Å². The summed E-state index contributed by atoms with van der Waals surface area (Å²) in [5, 5.41) is 18.7. The lowest BCUT2D eigenvalue weighted by Gasteiger charge is -2.32. The molecule has 0 aliphatic carbocycles. The zero-order chi connectivity index (χ0) is 15.4. The lowest BCUT2D eigenvalue weighted by atomic mass is 10.0. The van der Waals surface area contributed by atoms with Crippen molar-refractivity contribution in [2.24, 2.45) is 5.92 Å². The molecule has 1 saturated heterocycles. The number of nitriles is 1. The van der Waals surface area contributed by atoms with Crippen molar-refractivity contribution in [3.05, 3.63) is 23.4 Å². The maximum Gasteiger partial charge on any atom is 0.311 e. The number of rotatable bonds is 5. The van der Waals surface area contributed by atoms with Gasteiger partial charge in [-0.25, -0.2) is 4.98 Å². The number of anilines is 1. The molecule has 21 heavy (non-hydrogen) atoms. The Balaban J connectivity index is 2.42. The van der Waals surface area contributed by atoms with Gasteiger partial charge in [0.15, 0.2) is 0 Å². The third kappa shape index (κ3) is 2.98. The normalized spacial score (nSPS) is 21.0. The molecule has 2 heterocycles. The molecule has 2 atom stereocenters. The number of ether oxygens (including phenoxy) is 1. The number of pyridine rings is 1. The van der Waals surface area contributed by atoms with Gasteiger partial charge in [0.05, 0.1) is 24.8 Å². The van der Waals surface area contributed by atoms with Crippen molar-refractivity contribution in [2.45, 2.75) is 26.3 Å². The molecule has 6 nitrogen and oxygen atoms in total. The van der Waals surface area contributed by atoms with E-state index in [2.05, 4.69) is 11.1 Å². The standard InChI is InChI=1S/C15H19N3O3/c1-3-6-18(13-9-21-8-12(13)15(19)20)14-11(7-16)10(2)4-5-17-14/h4-5,12-13H,3,6,8-9H2,1-2H3,(H,19,20). The molecule has 0 spiro atoms. The molecule has 6 heteroatoms. The van der Waals surface area contributed by atoms with Crippen LogP contribution in [0.5, 0.6) is 0 Å². The number of aliphatic carboxylic acids is 1. The van der Waals surface area contributed by atoms with Gasteiger partial charge in [0, 0.05) is 12.7 Å². The molecule has 2 rings (SSSR count). The topological polar surface area (TPSA) is 86.5 Å². The van der Waals surface area contributed by atoms with Gasteiger partial charge in [-0.05, 0) is 25.0 Å². The molecule has 1 fully saturated rings. The molecule has 0 aromatic carbocycles. The summed E-state index contributed by atoms with van der Waals surface area (Å²) in [5.41, 5.74) is 1.34. The summed E-state index contributed by atoms with van der Waals surface area (Å²) in [6.07, 6.45) is 2.49. The quantitative estimate of drug-likeness (QED) is 0.885. The largest absolute Gasteiger partial charge is 0.481 e. The summed E-state index contributed by atoms with van der Waals surface area (Å²) in [6.45, 7) is 5.06. The summed E-state index contributed by atoms with van der Waals surface area (Å²) in [7, 11) is 0. The number of aromatic nitrogens is 1. The lowest BCUT2D eigenvalue weighted by Crippen LogP contribution is -2.44. The van der Waals surface area contributed by atoms with Crippen LogP contribution < -0.4 is 4.90 Å². The highest BCUT2D eigenvalue weighted by Crippen LogP contribution is 2.28. The van der Waals surface area contributed by atoms with E-state index in [0.29, 0.717) is 24.5 Å². The van der Waals surface area contributed by atoms with E-state index in [4.69, 9.17) is 4.74 Å². The second-order valence-electron chi connectivity index (χ2n) is 5.18. The van der Waals surface area contributed by atoms with E-state index in [1.165, 1.54) is 0 Å². The second kappa shape index (κ2) is 6.55. The van der Waals surface area contributed by atoms with E-state index in [-0.39, 0.29) is 12.6 Å². The Morgan fingerprint density at radius 1 is 1.62 bits per heavy atom. The summed E-state index contributed by atoms with van der Waals surface area (Å²) in [4.78, 5) is 17.6. The summed E-state index contributed by atoms with van der Waals surface area (Å²) in [6, 6.07) is 3.67. The van der Waals surface area contributed by atoms with E-state index in [0.717, 1.165) is 12.0 Å². The average Bonchev–Trinajstić information content (AvgIpc) is 2.94. The van der Waals surface area contributed by atoms with Crippen LogP contribution in [0, 0.1) is 24.2 Å². The van der Waals surface area contributed by atoms with Gasteiger partial charge in [0.2, 0.25) is 0 Å². The highest BCUT2D eigenvalue weighted by molar-refractivity contribution is 5.73. The van der Waals surface area contributed by atoms with Gasteiger partial charge in [-0.1, -0.05) is 6.92 Å². The molecule has 1 aromatic heterocycles. The minimum atomic E-state index is -0.871. The molecule has 0 bridgehead atoms. The third-order valence-electron chi connectivity index (χ3n) is 3.76. The number of carboxylic acid groups (broad SMARTS) is 1. The van der Waals surface area contributed by atoms with Crippen LogP contribution in [0.4, 0.5) is 5.82 Å². The van der Waals surface area contributed by atoms with Gasteiger partial charge in [-0.3, -0.25) is 4.79 Å². The fourth-order valence-electron chi connectivity index (χ4n) is 2.66. The molecule has 0 saturated carbocycles. The van der Waals surface area contributed by atoms with Gasteiger partial charge in [-0.15, -0.1) is 0 Å². The summed E-state index contributed by atoms with van der Waals surface area (Å²) >= 11 is 0. The van der Waals surface area contributed by atoms with Crippen molar-refractivity contribution in [1.82, 2.24) is 4.98 Å². The van der Waals surface area contributed by atoms with Crippen LogP contribution >= 0.6 is 0 Å². The molecule has 0 amide bonds. The number of aryl methyl sites for hydroxylation is 1. The van der Waals surface area contributed by atoms with Gasteiger partial charge in [0.25, 0.3) is 0 Å². The molecule has 1 aliphatic heterocycles. The van der Waals surface area contributed by atoms with Gasteiger partial charge in [0.1, 0.15) is 17.8 Å². The second-order valence-corrected chi connectivity index (χ2v) is 5.18. The first-order valence-electron chi connectivity index (χ1n) is 7.03. The minimum absolute atomic E-state index is 0.202. The highest BCUT2D eigenvalue weighted by atomic mass is 16.5. The summed E-state index contributed by atoms with van der Waals surface area (Å²) < 4.78 is 5.35. The lowest BCUT2D eigenvalue weighted by molar-refractivity contribution is -0.142. The van der Waals surface area contributed by atoms with Crippen LogP contribution in [0.3, 0.4) is 0 Å². The molecule has 2 unspecified atom stereocenters. The fraction of sp³-hybridized carbons (Fsp3) is 0.533. The highest BCUT2D eigenvalue weighted by Gasteiger charge is 2.39. The first-order valence-corrected chi connectivity index (χ1v) is 7.03. The van der Waals surface area contributed by atoms with E-state index in [1.54, 1.807) is 12.3 Å². The maximum atomic E-state index is 11.4. The molecule has 1 aromatic rings. The Hall–Kier alpha value is -2.13. The summed E-state index contributed by atoms with van der Waals surface area (Å²) in [5.74, 6) is -0.906. The number of carbonyl (C=O) groups is 1. The molecule has 1 N–H and O–H groups in total. The third-order valence-corrected chi connectivity index (χ3v) is 3.76. The van der Waals surface area contributed by atoms with Gasteiger partial charge >= 0.3 is 5.97 Å². The Bertz CT molecular complexity index is 568. The Morgan fingerprint density at radius 3 is 3.00 bits per heavy atom. The molecule has 1 aliphatic rings. The Kier molecular flexibility index (Phi) is 4.76. The fourth-order valence-corrected chi connectivity index (χ4v) is 2.66. The molecule has 112 valence electrons. The first-order chi connectivity index (χ1) is 10.1. The van der Waals surface area contributed by atoms with Crippen LogP contribution in [0.25, 0.3) is 0 Å². The van der Waals surface area contributed by atoms with Crippen molar-refractivity contribution in [3.63, 3.8) is 0 Å². The van der Waals surface area contributed by atoms with E-state index in [9.17, 15) is 15.2 Å². The molecule has 0 radical (unpaired) electrons. The van der Waals surface area contributed by atoms with Crippen LogP contribution in [0.1, 0.15) is 24.5 Å². The molecular weight excluding hydrogens is 270 g/mol. The minimum Gasteiger partial charge on any atom is -0.481 e. The van der Waals surface area contributed by atoms with Crippen LogP contribution in [-0.2, 0) is 9.53 Å². The van der Waals surface area contributed by atoms with Crippen molar-refractivity contribution < 1.29 is 14.6 Å². The van der Waals surface area contributed by atoms with E-state index >= 15 is 0 Å². The number of hydrogen-bond donors (Lipinski definition) is 1. The number of nitrogens with zero attached hydrogens (tertiary/aromatic N) is 3. The predicted octanol–water partition coefficient (Wildman–Crippen LogP) is 1.58. The van der Waals surface area contributed by atoms with E-state index in [1.807, 2.05) is 18.7 Å². The predicted molar refractivity (Wildman–Crippen MR) is 77.1 cm³/mol. The first kappa shape index (κ1) is 15.3. The monoisotopic (exact) mass is 289 g/mol. The van der Waals surface area contributed by atoms with E-state index < -0.39 is 11.9 Å². The molecular formula is C15H19N3O3. The van der Waals surface area contributed by atoms with Crippen molar-refractivity contribution >= 4 is 11.8 Å². The number of carboxylic acids is 1.